The molecule has 1 aliphatic heterocycles. The van der Waals surface area contributed by atoms with Crippen molar-refractivity contribution in [3.63, 3.8) is 0 Å². The number of rotatable bonds is 8. The molecule has 0 unspecified atom stereocenters. The minimum Gasteiger partial charge on any atom is -0.302 e. The summed E-state index contributed by atoms with van der Waals surface area (Å²) >= 11 is 0. The molecule has 2 rings (SSSR count). The number of benzene rings is 1. The lowest BCUT2D eigenvalue weighted by Gasteiger charge is -2.18. The average molecular weight is 311 g/mol. The van der Waals surface area contributed by atoms with E-state index in [2.05, 4.69) is 28.8 Å². The Morgan fingerprint density at radius 2 is 1.86 bits per heavy atom. The van der Waals surface area contributed by atoms with Gasteiger partial charge in [-0.2, -0.15) is 12.7 Å². The molecule has 118 valence electrons. The molecule has 1 aliphatic rings. The van der Waals surface area contributed by atoms with Crippen LogP contribution in [0.2, 0.25) is 0 Å². The first-order valence-electron chi connectivity index (χ1n) is 7.55. The molecule has 1 aromatic carbocycles. The Labute approximate surface area is 128 Å². The highest BCUT2D eigenvalue weighted by Crippen LogP contribution is 2.11. The highest BCUT2D eigenvalue weighted by Gasteiger charge is 2.24. The zero-order valence-electron chi connectivity index (χ0n) is 12.7. The average Bonchev–Trinajstić information content (AvgIpc) is 3.00. The molecule has 0 aliphatic carbocycles. The molecule has 1 aromatic rings. The Morgan fingerprint density at radius 3 is 2.52 bits per heavy atom. The van der Waals surface area contributed by atoms with Crippen LogP contribution in [-0.2, 0) is 16.8 Å². The van der Waals surface area contributed by atoms with Gasteiger partial charge in [0.2, 0.25) is 0 Å². The molecule has 0 amide bonds. The lowest BCUT2D eigenvalue weighted by molar-refractivity contribution is 0.322. The smallest absolute Gasteiger partial charge is 0.279 e. The number of hydrogen-bond acceptors (Lipinski definition) is 3. The van der Waals surface area contributed by atoms with Gasteiger partial charge in [0.15, 0.2) is 0 Å². The molecule has 21 heavy (non-hydrogen) atoms. The number of nitrogens with one attached hydrogen (secondary N) is 1. The van der Waals surface area contributed by atoms with Gasteiger partial charge in [-0.3, -0.25) is 0 Å². The van der Waals surface area contributed by atoms with E-state index in [-0.39, 0.29) is 0 Å². The topological polar surface area (TPSA) is 52.7 Å². The van der Waals surface area contributed by atoms with E-state index < -0.39 is 10.2 Å². The maximum atomic E-state index is 12.0. The van der Waals surface area contributed by atoms with E-state index in [0.29, 0.717) is 19.6 Å². The van der Waals surface area contributed by atoms with Crippen molar-refractivity contribution in [3.05, 3.63) is 35.9 Å². The Hall–Kier alpha value is -0.950. The van der Waals surface area contributed by atoms with E-state index in [1.807, 2.05) is 18.2 Å². The molecule has 1 saturated heterocycles. The third-order valence-electron chi connectivity index (χ3n) is 3.70. The fourth-order valence-electron chi connectivity index (χ4n) is 2.54. The third kappa shape index (κ3) is 5.39. The summed E-state index contributed by atoms with van der Waals surface area (Å²) in [6.45, 7) is 3.57. The van der Waals surface area contributed by atoms with Gasteiger partial charge in [-0.15, -0.1) is 0 Å². The van der Waals surface area contributed by atoms with E-state index in [4.69, 9.17) is 0 Å². The predicted octanol–water partition coefficient (Wildman–Crippen LogP) is 1.44. The van der Waals surface area contributed by atoms with Crippen molar-refractivity contribution in [2.75, 3.05) is 33.2 Å². The Morgan fingerprint density at radius 1 is 1.19 bits per heavy atom. The molecule has 1 N–H and O–H groups in total. The lowest BCUT2D eigenvalue weighted by Crippen LogP contribution is -2.39. The van der Waals surface area contributed by atoms with Gasteiger partial charge in [0.05, 0.1) is 0 Å². The van der Waals surface area contributed by atoms with Crippen LogP contribution in [0, 0.1) is 0 Å². The van der Waals surface area contributed by atoms with Crippen molar-refractivity contribution in [1.29, 1.82) is 0 Å². The maximum Gasteiger partial charge on any atom is 0.279 e. The molecule has 1 heterocycles. The molecule has 0 bridgehead atoms. The van der Waals surface area contributed by atoms with Gasteiger partial charge in [0.1, 0.15) is 0 Å². The van der Waals surface area contributed by atoms with Crippen molar-refractivity contribution >= 4 is 10.2 Å². The minimum atomic E-state index is -3.25. The van der Waals surface area contributed by atoms with Gasteiger partial charge < -0.3 is 4.90 Å². The molecular formula is C15H25N3O2S. The van der Waals surface area contributed by atoms with Crippen LogP contribution in [0.15, 0.2) is 30.3 Å². The Balaban J connectivity index is 1.65. The standard InChI is InChI=1S/C15H25N3O2S/c1-17(14-15-8-3-2-4-9-15)11-7-10-16-21(19,20)18-12-5-6-13-18/h2-4,8-9,16H,5-7,10-14H2,1H3. The first-order valence-corrected chi connectivity index (χ1v) is 8.99. The Bertz CT molecular complexity index is 513. The van der Waals surface area contributed by atoms with Gasteiger partial charge in [-0.05, 0) is 38.4 Å². The number of nitrogens with zero attached hydrogens (tertiary/aromatic N) is 2. The minimum absolute atomic E-state index is 0.498. The molecule has 1 fully saturated rings. The molecule has 0 atom stereocenters. The van der Waals surface area contributed by atoms with Crippen molar-refractivity contribution < 1.29 is 8.42 Å². The highest BCUT2D eigenvalue weighted by molar-refractivity contribution is 7.87. The van der Waals surface area contributed by atoms with Crippen LogP contribution in [-0.4, -0.2) is 50.8 Å². The predicted molar refractivity (Wildman–Crippen MR) is 85.1 cm³/mol. The van der Waals surface area contributed by atoms with E-state index in [1.54, 1.807) is 4.31 Å². The van der Waals surface area contributed by atoms with Crippen molar-refractivity contribution in [1.82, 2.24) is 13.9 Å². The molecule has 0 radical (unpaired) electrons. The summed E-state index contributed by atoms with van der Waals surface area (Å²) in [6, 6.07) is 10.3. The van der Waals surface area contributed by atoms with Gasteiger partial charge >= 0.3 is 0 Å². The third-order valence-corrected chi connectivity index (χ3v) is 5.32. The van der Waals surface area contributed by atoms with Crippen LogP contribution in [0.1, 0.15) is 24.8 Å². The van der Waals surface area contributed by atoms with E-state index in [0.717, 1.165) is 32.4 Å². The summed E-state index contributed by atoms with van der Waals surface area (Å²) in [6.07, 6.45) is 2.76. The molecule has 5 nitrogen and oxygen atoms in total. The van der Waals surface area contributed by atoms with Crippen LogP contribution in [0.4, 0.5) is 0 Å². The van der Waals surface area contributed by atoms with E-state index in [9.17, 15) is 8.42 Å². The van der Waals surface area contributed by atoms with Gasteiger partial charge in [-0.25, -0.2) is 4.72 Å². The van der Waals surface area contributed by atoms with Crippen LogP contribution in [0.5, 0.6) is 0 Å². The first kappa shape index (κ1) is 16.4. The molecular weight excluding hydrogens is 286 g/mol. The van der Waals surface area contributed by atoms with Crippen molar-refractivity contribution in [2.24, 2.45) is 0 Å². The van der Waals surface area contributed by atoms with Crippen molar-refractivity contribution in [3.8, 4) is 0 Å². The monoisotopic (exact) mass is 311 g/mol. The highest BCUT2D eigenvalue weighted by atomic mass is 32.2. The summed E-state index contributed by atoms with van der Waals surface area (Å²) in [7, 11) is -1.19. The largest absolute Gasteiger partial charge is 0.302 e. The second-order valence-corrected chi connectivity index (χ2v) is 7.34. The van der Waals surface area contributed by atoms with Crippen LogP contribution >= 0.6 is 0 Å². The summed E-state index contributed by atoms with van der Waals surface area (Å²) < 4.78 is 28.2. The first-order chi connectivity index (χ1) is 10.1. The fraction of sp³-hybridized carbons (Fsp3) is 0.600. The van der Waals surface area contributed by atoms with E-state index in [1.165, 1.54) is 5.56 Å². The van der Waals surface area contributed by atoms with Crippen LogP contribution in [0.25, 0.3) is 0 Å². The molecule has 6 heteroatoms. The summed E-state index contributed by atoms with van der Waals surface area (Å²) in [5, 5.41) is 0. The van der Waals surface area contributed by atoms with Crippen LogP contribution in [0.3, 0.4) is 0 Å². The maximum absolute atomic E-state index is 12.0. The molecule has 0 saturated carbocycles. The molecule has 0 aromatic heterocycles. The van der Waals surface area contributed by atoms with Gasteiger partial charge in [0.25, 0.3) is 10.2 Å². The summed E-state index contributed by atoms with van der Waals surface area (Å²) in [5.74, 6) is 0. The second kappa shape index (κ2) is 7.89. The zero-order chi connectivity index (χ0) is 15.1. The second-order valence-electron chi connectivity index (χ2n) is 5.58. The molecule has 0 spiro atoms. The SMILES string of the molecule is CN(CCCNS(=O)(=O)N1CCCC1)Cc1ccccc1. The van der Waals surface area contributed by atoms with Gasteiger partial charge in [-0.1, -0.05) is 30.3 Å². The fourth-order valence-corrected chi connectivity index (χ4v) is 3.87. The van der Waals surface area contributed by atoms with E-state index >= 15 is 0 Å². The number of hydrogen-bond donors (Lipinski definition) is 1. The van der Waals surface area contributed by atoms with Crippen molar-refractivity contribution in [2.45, 2.75) is 25.8 Å². The lowest BCUT2D eigenvalue weighted by atomic mass is 10.2. The van der Waals surface area contributed by atoms with Gasteiger partial charge in [0, 0.05) is 26.2 Å². The normalized spacial score (nSPS) is 16.7. The quantitative estimate of drug-likeness (QED) is 0.739. The zero-order valence-corrected chi connectivity index (χ0v) is 13.5. The van der Waals surface area contributed by atoms with Crippen LogP contribution < -0.4 is 4.72 Å². The Kier molecular flexibility index (Phi) is 6.17. The summed E-state index contributed by atoms with van der Waals surface area (Å²) in [4.78, 5) is 2.21. The summed E-state index contributed by atoms with van der Waals surface area (Å²) in [5.41, 5.74) is 1.28.